The molecule has 1 aromatic heterocycles. The Balaban J connectivity index is 1.55. The van der Waals surface area contributed by atoms with E-state index in [1.165, 1.54) is 29.5 Å². The Hall–Kier alpha value is -2.62. The number of ether oxygens (including phenoxy) is 1. The highest BCUT2D eigenvalue weighted by Gasteiger charge is 2.14. The molecule has 1 aliphatic carbocycles. The van der Waals surface area contributed by atoms with Crippen LogP contribution in [0.5, 0.6) is 0 Å². The molecule has 0 spiro atoms. The van der Waals surface area contributed by atoms with Gasteiger partial charge in [-0.2, -0.15) is 0 Å². The first kappa shape index (κ1) is 14.3. The molecule has 0 unspecified atom stereocenters. The number of carbonyl (C=O) groups is 2. The summed E-state index contributed by atoms with van der Waals surface area (Å²) in [7, 11) is 0. The van der Waals surface area contributed by atoms with Crippen LogP contribution >= 0.6 is 0 Å². The molecule has 0 radical (unpaired) electrons. The van der Waals surface area contributed by atoms with E-state index < -0.39 is 5.97 Å². The van der Waals surface area contributed by atoms with E-state index >= 15 is 0 Å². The van der Waals surface area contributed by atoms with Crippen molar-refractivity contribution in [3.63, 3.8) is 0 Å². The quantitative estimate of drug-likeness (QED) is 0.483. The molecule has 0 N–H and O–H groups in total. The zero-order valence-corrected chi connectivity index (χ0v) is 12.1. The molecule has 4 nitrogen and oxygen atoms in total. The molecule has 0 amide bonds. The second kappa shape index (κ2) is 6.43. The normalized spacial score (nSPS) is 13.3. The van der Waals surface area contributed by atoms with E-state index in [0.717, 1.165) is 19.3 Å². The van der Waals surface area contributed by atoms with Gasteiger partial charge in [0.15, 0.2) is 12.4 Å². The average molecular weight is 296 g/mol. The molecular formula is C18H16O4. The largest absolute Gasteiger partial charge is 0.465 e. The van der Waals surface area contributed by atoms with E-state index in [4.69, 9.17) is 9.15 Å². The van der Waals surface area contributed by atoms with Crippen molar-refractivity contribution in [2.45, 2.75) is 19.3 Å². The first-order valence-corrected chi connectivity index (χ1v) is 7.26. The van der Waals surface area contributed by atoms with Crippen molar-refractivity contribution in [2.24, 2.45) is 0 Å². The van der Waals surface area contributed by atoms with Crippen molar-refractivity contribution in [1.29, 1.82) is 0 Å². The van der Waals surface area contributed by atoms with Crippen molar-refractivity contribution < 1.29 is 18.7 Å². The van der Waals surface area contributed by atoms with Crippen LogP contribution in [0.25, 0.3) is 6.08 Å². The molecule has 0 aliphatic heterocycles. The third-order valence-corrected chi connectivity index (χ3v) is 3.69. The molecule has 3 rings (SSSR count). The lowest BCUT2D eigenvalue weighted by Crippen LogP contribution is -2.12. The number of aryl methyl sites for hydroxylation is 2. The van der Waals surface area contributed by atoms with Gasteiger partial charge in [0.25, 0.3) is 0 Å². The number of furan rings is 1. The average Bonchev–Trinajstić information content (AvgIpc) is 3.20. The predicted molar refractivity (Wildman–Crippen MR) is 81.5 cm³/mol. The molecule has 1 aromatic carbocycles. The van der Waals surface area contributed by atoms with Crippen molar-refractivity contribution >= 4 is 17.8 Å². The molecule has 0 bridgehead atoms. The first-order chi connectivity index (χ1) is 10.7. The second-order valence-corrected chi connectivity index (χ2v) is 5.22. The van der Waals surface area contributed by atoms with Crippen molar-refractivity contribution in [2.75, 3.05) is 6.61 Å². The Morgan fingerprint density at radius 1 is 1.18 bits per heavy atom. The zero-order valence-electron chi connectivity index (χ0n) is 12.1. The molecule has 1 aliphatic rings. The van der Waals surface area contributed by atoms with Crippen LogP contribution in [0.3, 0.4) is 0 Å². The van der Waals surface area contributed by atoms with Crippen molar-refractivity contribution in [3.05, 3.63) is 65.1 Å². The summed E-state index contributed by atoms with van der Waals surface area (Å²) in [6.07, 6.45) is 7.50. The predicted octanol–water partition coefficient (Wildman–Crippen LogP) is 3.21. The summed E-state index contributed by atoms with van der Waals surface area (Å²) in [4.78, 5) is 23.6. The number of ketones is 1. The molecule has 2 aromatic rings. The topological polar surface area (TPSA) is 56.5 Å². The van der Waals surface area contributed by atoms with Gasteiger partial charge >= 0.3 is 5.97 Å². The Morgan fingerprint density at radius 2 is 2.05 bits per heavy atom. The van der Waals surface area contributed by atoms with Crippen LogP contribution in [0.4, 0.5) is 0 Å². The fraction of sp³-hybridized carbons (Fsp3) is 0.222. The van der Waals surface area contributed by atoms with Crippen molar-refractivity contribution in [1.82, 2.24) is 0 Å². The van der Waals surface area contributed by atoms with E-state index in [1.54, 1.807) is 18.2 Å². The summed E-state index contributed by atoms with van der Waals surface area (Å²) in [6.45, 7) is -0.250. The van der Waals surface area contributed by atoms with Gasteiger partial charge in [-0.15, -0.1) is 0 Å². The van der Waals surface area contributed by atoms with Gasteiger partial charge in [0.2, 0.25) is 0 Å². The number of fused-ring (bicyclic) bond motifs is 1. The standard InChI is InChI=1S/C18H16O4/c19-17(15-7-6-13-3-1-4-14(13)11-15)12-22-18(20)9-8-16-5-2-10-21-16/h2,5-11H,1,3-4,12H2/b9-8+. The molecule has 22 heavy (non-hydrogen) atoms. The van der Waals surface area contributed by atoms with Gasteiger partial charge in [0, 0.05) is 11.6 Å². The minimum absolute atomic E-state index is 0.186. The lowest BCUT2D eigenvalue weighted by molar-refractivity contribution is -0.136. The van der Waals surface area contributed by atoms with E-state index in [-0.39, 0.29) is 12.4 Å². The fourth-order valence-corrected chi connectivity index (χ4v) is 2.55. The van der Waals surface area contributed by atoms with Gasteiger partial charge in [-0.3, -0.25) is 4.79 Å². The van der Waals surface area contributed by atoms with Gasteiger partial charge in [0.05, 0.1) is 6.26 Å². The number of hydrogen-bond donors (Lipinski definition) is 0. The number of esters is 1. The van der Waals surface area contributed by atoms with E-state index in [1.807, 2.05) is 12.1 Å². The molecule has 0 atom stereocenters. The maximum absolute atomic E-state index is 12.1. The highest BCUT2D eigenvalue weighted by molar-refractivity contribution is 5.99. The van der Waals surface area contributed by atoms with E-state index in [9.17, 15) is 9.59 Å². The van der Waals surface area contributed by atoms with Crippen LogP contribution < -0.4 is 0 Å². The van der Waals surface area contributed by atoms with Gasteiger partial charge in [-0.1, -0.05) is 12.1 Å². The maximum Gasteiger partial charge on any atom is 0.331 e. The van der Waals surface area contributed by atoms with Gasteiger partial charge in [-0.25, -0.2) is 4.79 Å². The number of benzene rings is 1. The summed E-state index contributed by atoms with van der Waals surface area (Å²) in [5, 5.41) is 0. The first-order valence-electron chi connectivity index (χ1n) is 7.26. The fourth-order valence-electron chi connectivity index (χ4n) is 2.55. The van der Waals surface area contributed by atoms with Crippen molar-refractivity contribution in [3.8, 4) is 0 Å². The lowest BCUT2D eigenvalue weighted by Gasteiger charge is -2.04. The summed E-state index contributed by atoms with van der Waals surface area (Å²) < 4.78 is 10.0. The number of rotatable bonds is 5. The zero-order chi connectivity index (χ0) is 15.4. The number of carbonyl (C=O) groups excluding carboxylic acids is 2. The number of hydrogen-bond acceptors (Lipinski definition) is 4. The molecule has 0 fully saturated rings. The van der Waals surface area contributed by atoms with Gasteiger partial charge in [-0.05, 0) is 54.7 Å². The maximum atomic E-state index is 12.1. The Kier molecular flexibility index (Phi) is 4.19. The minimum atomic E-state index is -0.564. The molecule has 112 valence electrons. The van der Waals surface area contributed by atoms with E-state index in [0.29, 0.717) is 11.3 Å². The monoisotopic (exact) mass is 296 g/mol. The van der Waals surface area contributed by atoms with Crippen LogP contribution in [0.1, 0.15) is 33.7 Å². The van der Waals surface area contributed by atoms with Gasteiger partial charge < -0.3 is 9.15 Å². The molecular weight excluding hydrogens is 280 g/mol. The molecule has 0 saturated heterocycles. The Morgan fingerprint density at radius 3 is 2.86 bits per heavy atom. The molecule has 1 heterocycles. The highest BCUT2D eigenvalue weighted by atomic mass is 16.5. The van der Waals surface area contributed by atoms with Crippen LogP contribution in [0.2, 0.25) is 0 Å². The molecule has 4 heteroatoms. The summed E-state index contributed by atoms with van der Waals surface area (Å²) >= 11 is 0. The van der Waals surface area contributed by atoms with Crippen LogP contribution in [-0.4, -0.2) is 18.4 Å². The van der Waals surface area contributed by atoms with Crippen LogP contribution in [0.15, 0.2) is 47.1 Å². The minimum Gasteiger partial charge on any atom is -0.465 e. The van der Waals surface area contributed by atoms with Crippen LogP contribution in [-0.2, 0) is 22.4 Å². The second-order valence-electron chi connectivity index (χ2n) is 5.22. The van der Waals surface area contributed by atoms with E-state index in [2.05, 4.69) is 0 Å². The smallest absolute Gasteiger partial charge is 0.331 e. The highest BCUT2D eigenvalue weighted by Crippen LogP contribution is 2.23. The lowest BCUT2D eigenvalue weighted by atomic mass is 10.0. The summed E-state index contributed by atoms with van der Waals surface area (Å²) in [5.74, 6) is -0.192. The summed E-state index contributed by atoms with van der Waals surface area (Å²) in [5.41, 5.74) is 3.15. The van der Waals surface area contributed by atoms with Crippen LogP contribution in [0, 0.1) is 0 Å². The summed E-state index contributed by atoms with van der Waals surface area (Å²) in [6, 6.07) is 9.16. The SMILES string of the molecule is O=C(/C=C/c1ccco1)OCC(=O)c1ccc2c(c1)CCC2. The Bertz CT molecular complexity index is 711. The molecule has 0 saturated carbocycles. The third kappa shape index (κ3) is 3.34. The number of Topliss-reactive ketones (excluding diaryl/α,β-unsaturated/α-hetero) is 1. The Labute approximate surface area is 128 Å². The third-order valence-electron chi connectivity index (χ3n) is 3.69. The van der Waals surface area contributed by atoms with Gasteiger partial charge in [0.1, 0.15) is 5.76 Å².